The Morgan fingerprint density at radius 1 is 1.35 bits per heavy atom. The zero-order valence-electron chi connectivity index (χ0n) is 15.2. The van der Waals surface area contributed by atoms with Crippen LogP contribution in [0.4, 0.5) is 0 Å². The fourth-order valence-corrected chi connectivity index (χ4v) is 3.18. The van der Waals surface area contributed by atoms with Gasteiger partial charge in [-0.1, -0.05) is 10.3 Å². The molecule has 26 heavy (non-hydrogen) atoms. The molecule has 2 aromatic heterocycles. The first-order chi connectivity index (χ1) is 12.5. The molecule has 0 spiro atoms. The van der Waals surface area contributed by atoms with Crippen molar-refractivity contribution in [1.29, 1.82) is 0 Å². The van der Waals surface area contributed by atoms with E-state index in [1.54, 1.807) is 20.0 Å². The van der Waals surface area contributed by atoms with Gasteiger partial charge in [-0.25, -0.2) is 14.6 Å². The van der Waals surface area contributed by atoms with Crippen LogP contribution in [0.25, 0.3) is 0 Å². The van der Waals surface area contributed by atoms with E-state index in [-0.39, 0.29) is 24.3 Å². The van der Waals surface area contributed by atoms with Gasteiger partial charge in [0, 0.05) is 31.8 Å². The normalized spacial score (nSPS) is 16.7. The highest BCUT2D eigenvalue weighted by atomic mass is 16.6. The summed E-state index contributed by atoms with van der Waals surface area (Å²) in [5.74, 6) is 0.493. The first kappa shape index (κ1) is 18.0. The van der Waals surface area contributed by atoms with E-state index in [1.807, 2.05) is 11.8 Å². The zero-order chi connectivity index (χ0) is 18.7. The predicted molar refractivity (Wildman–Crippen MR) is 90.7 cm³/mol. The van der Waals surface area contributed by atoms with Crippen LogP contribution in [0.1, 0.15) is 54.3 Å². The van der Waals surface area contributed by atoms with Crippen molar-refractivity contribution in [2.75, 3.05) is 6.54 Å². The lowest BCUT2D eigenvalue weighted by molar-refractivity contribution is -0.129. The van der Waals surface area contributed by atoms with Crippen LogP contribution < -0.4 is 5.32 Å². The SMILES string of the molecule is CC(=O)N1CCC[C@H]1c1nc(C)ncc1CNC(=O)Cc1nonc1C. The monoisotopic (exact) mass is 358 g/mol. The molecule has 9 nitrogen and oxygen atoms in total. The standard InChI is InChI=1S/C17H22N6O3/c1-10-14(22-26-21-10)7-16(25)19-9-13-8-18-11(2)20-17(13)15-5-4-6-23(15)12(3)24/h8,15H,4-7,9H2,1-3H3,(H,19,25)/t15-/m0/s1. The van der Waals surface area contributed by atoms with Crippen molar-refractivity contribution in [3.8, 4) is 0 Å². The minimum Gasteiger partial charge on any atom is -0.352 e. The smallest absolute Gasteiger partial charge is 0.226 e. The van der Waals surface area contributed by atoms with Crippen LogP contribution in [0.3, 0.4) is 0 Å². The average molecular weight is 358 g/mol. The van der Waals surface area contributed by atoms with Crippen molar-refractivity contribution < 1.29 is 14.2 Å². The van der Waals surface area contributed by atoms with Crippen molar-refractivity contribution in [2.24, 2.45) is 0 Å². The number of rotatable bonds is 5. The van der Waals surface area contributed by atoms with Gasteiger partial charge in [-0.15, -0.1) is 0 Å². The van der Waals surface area contributed by atoms with E-state index in [9.17, 15) is 9.59 Å². The molecule has 0 aliphatic carbocycles. The minimum absolute atomic E-state index is 0.0350. The lowest BCUT2D eigenvalue weighted by Crippen LogP contribution is -2.31. The average Bonchev–Trinajstić information content (AvgIpc) is 3.23. The summed E-state index contributed by atoms with van der Waals surface area (Å²) in [6.45, 7) is 6.15. The Balaban J connectivity index is 1.73. The summed E-state index contributed by atoms with van der Waals surface area (Å²) < 4.78 is 4.61. The first-order valence-corrected chi connectivity index (χ1v) is 8.60. The fraction of sp³-hybridized carbons (Fsp3) is 0.529. The van der Waals surface area contributed by atoms with Gasteiger partial charge >= 0.3 is 0 Å². The molecule has 138 valence electrons. The molecule has 1 aliphatic rings. The molecule has 1 N–H and O–H groups in total. The number of likely N-dealkylation sites (tertiary alicyclic amines) is 1. The van der Waals surface area contributed by atoms with E-state index >= 15 is 0 Å². The number of aromatic nitrogens is 4. The Morgan fingerprint density at radius 2 is 2.15 bits per heavy atom. The third-order valence-electron chi connectivity index (χ3n) is 4.54. The predicted octanol–water partition coefficient (Wildman–Crippen LogP) is 1.02. The Bertz CT molecular complexity index is 819. The Hall–Kier alpha value is -2.84. The second-order valence-corrected chi connectivity index (χ2v) is 6.45. The van der Waals surface area contributed by atoms with Crippen molar-refractivity contribution >= 4 is 11.8 Å². The number of carbonyl (C=O) groups is 2. The van der Waals surface area contributed by atoms with E-state index in [0.717, 1.165) is 30.6 Å². The summed E-state index contributed by atoms with van der Waals surface area (Å²) in [7, 11) is 0. The molecule has 2 amide bonds. The van der Waals surface area contributed by atoms with Gasteiger partial charge in [-0.3, -0.25) is 9.59 Å². The van der Waals surface area contributed by atoms with Crippen molar-refractivity contribution in [1.82, 2.24) is 30.5 Å². The number of hydrogen-bond acceptors (Lipinski definition) is 7. The summed E-state index contributed by atoms with van der Waals surface area (Å²) >= 11 is 0. The van der Waals surface area contributed by atoms with Gasteiger partial charge in [-0.2, -0.15) is 0 Å². The largest absolute Gasteiger partial charge is 0.352 e. The van der Waals surface area contributed by atoms with Gasteiger partial charge in [0.1, 0.15) is 17.2 Å². The molecule has 1 fully saturated rings. The van der Waals surface area contributed by atoms with Gasteiger partial charge in [-0.05, 0) is 26.7 Å². The molecule has 3 heterocycles. The highest BCUT2D eigenvalue weighted by molar-refractivity contribution is 5.78. The maximum absolute atomic E-state index is 12.2. The van der Waals surface area contributed by atoms with E-state index in [4.69, 9.17) is 0 Å². The van der Waals surface area contributed by atoms with Gasteiger partial charge in [0.25, 0.3) is 0 Å². The lowest BCUT2D eigenvalue weighted by atomic mass is 10.1. The number of nitrogens with zero attached hydrogens (tertiary/aromatic N) is 5. The first-order valence-electron chi connectivity index (χ1n) is 8.60. The van der Waals surface area contributed by atoms with Gasteiger partial charge < -0.3 is 10.2 Å². The quantitative estimate of drug-likeness (QED) is 0.848. The van der Waals surface area contributed by atoms with Crippen LogP contribution in [-0.2, 0) is 22.6 Å². The summed E-state index contributed by atoms with van der Waals surface area (Å²) in [6, 6.07) is -0.0666. The summed E-state index contributed by atoms with van der Waals surface area (Å²) in [5.41, 5.74) is 2.74. The third kappa shape index (κ3) is 3.87. The molecule has 0 unspecified atom stereocenters. The second-order valence-electron chi connectivity index (χ2n) is 6.45. The Labute approximate surface area is 151 Å². The molecule has 0 bridgehead atoms. The molecule has 1 atom stereocenters. The van der Waals surface area contributed by atoms with Crippen LogP contribution in [-0.4, -0.2) is 43.5 Å². The maximum Gasteiger partial charge on any atom is 0.226 e. The molecular weight excluding hydrogens is 336 g/mol. The second kappa shape index (κ2) is 7.59. The Kier molecular flexibility index (Phi) is 5.24. The maximum atomic E-state index is 12.2. The van der Waals surface area contributed by atoms with Crippen molar-refractivity contribution in [3.05, 3.63) is 34.7 Å². The summed E-state index contributed by atoms with van der Waals surface area (Å²) in [6.07, 6.45) is 3.62. The number of amides is 2. The minimum atomic E-state index is -0.190. The van der Waals surface area contributed by atoms with Crippen LogP contribution in [0, 0.1) is 13.8 Å². The molecule has 1 aliphatic heterocycles. The molecule has 9 heteroatoms. The molecule has 2 aromatic rings. The highest BCUT2D eigenvalue weighted by Crippen LogP contribution is 2.32. The topological polar surface area (TPSA) is 114 Å². The number of carbonyl (C=O) groups excluding carboxylic acids is 2. The van der Waals surface area contributed by atoms with Crippen LogP contribution in [0.2, 0.25) is 0 Å². The van der Waals surface area contributed by atoms with Crippen molar-refractivity contribution in [2.45, 2.75) is 52.6 Å². The lowest BCUT2D eigenvalue weighted by Gasteiger charge is -2.25. The molecule has 3 rings (SSSR count). The van der Waals surface area contributed by atoms with E-state index in [1.165, 1.54) is 0 Å². The van der Waals surface area contributed by atoms with Crippen LogP contribution in [0.5, 0.6) is 0 Å². The van der Waals surface area contributed by atoms with E-state index in [2.05, 4.69) is 30.2 Å². The zero-order valence-corrected chi connectivity index (χ0v) is 15.2. The van der Waals surface area contributed by atoms with Crippen LogP contribution in [0.15, 0.2) is 10.8 Å². The third-order valence-corrected chi connectivity index (χ3v) is 4.54. The number of aryl methyl sites for hydroxylation is 2. The van der Waals surface area contributed by atoms with E-state index < -0.39 is 0 Å². The van der Waals surface area contributed by atoms with Gasteiger partial charge in [0.15, 0.2) is 0 Å². The summed E-state index contributed by atoms with van der Waals surface area (Å²) in [4.78, 5) is 34.7. The number of hydrogen-bond donors (Lipinski definition) is 1. The summed E-state index contributed by atoms with van der Waals surface area (Å²) in [5, 5.41) is 10.2. The molecule has 0 radical (unpaired) electrons. The Morgan fingerprint density at radius 3 is 2.85 bits per heavy atom. The van der Waals surface area contributed by atoms with Crippen LogP contribution >= 0.6 is 0 Å². The highest BCUT2D eigenvalue weighted by Gasteiger charge is 2.31. The van der Waals surface area contributed by atoms with Gasteiger partial charge in [0.05, 0.1) is 18.2 Å². The van der Waals surface area contributed by atoms with Gasteiger partial charge in [0.2, 0.25) is 11.8 Å². The molecule has 0 saturated carbocycles. The van der Waals surface area contributed by atoms with E-state index in [0.29, 0.717) is 23.8 Å². The van der Waals surface area contributed by atoms with Crippen molar-refractivity contribution in [3.63, 3.8) is 0 Å². The number of nitrogens with one attached hydrogen (secondary N) is 1. The molecule has 0 aromatic carbocycles. The molecule has 1 saturated heterocycles. The fourth-order valence-electron chi connectivity index (χ4n) is 3.18. The molecular formula is C17H22N6O3.